The summed E-state index contributed by atoms with van der Waals surface area (Å²) in [5.41, 5.74) is 2.43. The molecule has 0 aliphatic carbocycles. The van der Waals surface area contributed by atoms with E-state index in [9.17, 15) is 9.59 Å². The lowest BCUT2D eigenvalue weighted by Crippen LogP contribution is -2.38. The van der Waals surface area contributed by atoms with Gasteiger partial charge in [0, 0.05) is 37.8 Å². The number of hydrogen-bond donors (Lipinski definition) is 1. The summed E-state index contributed by atoms with van der Waals surface area (Å²) in [6.45, 7) is 7.03. The molecular weight excluding hydrogens is 380 g/mol. The molecule has 0 radical (unpaired) electrons. The number of pyridine rings is 1. The number of hydrogen-bond acceptors (Lipinski definition) is 5. The van der Waals surface area contributed by atoms with Gasteiger partial charge < -0.3 is 19.5 Å². The second kappa shape index (κ2) is 9.43. The first-order chi connectivity index (χ1) is 14.6. The Morgan fingerprint density at radius 1 is 1.13 bits per heavy atom. The molecule has 0 bridgehead atoms. The highest BCUT2D eigenvalue weighted by Crippen LogP contribution is 2.30. The van der Waals surface area contributed by atoms with Crippen molar-refractivity contribution < 1.29 is 14.0 Å². The highest BCUT2D eigenvalue weighted by molar-refractivity contribution is 5.95. The van der Waals surface area contributed by atoms with Gasteiger partial charge in [0.1, 0.15) is 0 Å². The lowest BCUT2D eigenvalue weighted by molar-refractivity contribution is 0.0678. The highest BCUT2D eigenvalue weighted by Gasteiger charge is 2.29. The Balaban J connectivity index is 1.38. The van der Waals surface area contributed by atoms with Crippen LogP contribution >= 0.6 is 0 Å². The second-order valence-corrected chi connectivity index (χ2v) is 8.23. The fourth-order valence-electron chi connectivity index (χ4n) is 4.42. The minimum Gasteiger partial charge on any atom is -0.459 e. The van der Waals surface area contributed by atoms with Crippen LogP contribution in [0.2, 0.25) is 0 Å². The fraction of sp³-hybridized carbons (Fsp3) is 0.522. The molecule has 2 fully saturated rings. The molecule has 7 nitrogen and oxygen atoms in total. The third-order valence-electron chi connectivity index (χ3n) is 6.12. The number of nitrogens with zero attached hydrogens (tertiary/aromatic N) is 3. The quantitative estimate of drug-likeness (QED) is 0.792. The van der Waals surface area contributed by atoms with Gasteiger partial charge >= 0.3 is 0 Å². The predicted molar refractivity (Wildman–Crippen MR) is 114 cm³/mol. The third-order valence-corrected chi connectivity index (χ3v) is 6.12. The van der Waals surface area contributed by atoms with Crippen LogP contribution in [0, 0.1) is 6.92 Å². The Labute approximate surface area is 177 Å². The number of rotatable bonds is 6. The van der Waals surface area contributed by atoms with Gasteiger partial charge in [0.05, 0.1) is 17.5 Å². The van der Waals surface area contributed by atoms with E-state index in [2.05, 4.69) is 10.2 Å². The summed E-state index contributed by atoms with van der Waals surface area (Å²) >= 11 is 0. The van der Waals surface area contributed by atoms with Gasteiger partial charge in [0.25, 0.3) is 11.8 Å². The van der Waals surface area contributed by atoms with Crippen molar-refractivity contribution in [1.29, 1.82) is 0 Å². The first kappa shape index (κ1) is 20.6. The largest absolute Gasteiger partial charge is 0.459 e. The zero-order chi connectivity index (χ0) is 20.9. The summed E-state index contributed by atoms with van der Waals surface area (Å²) in [4.78, 5) is 34.3. The summed E-state index contributed by atoms with van der Waals surface area (Å²) in [5.74, 6) is 0.423. The number of furan rings is 1. The van der Waals surface area contributed by atoms with Crippen LogP contribution in [-0.2, 0) is 0 Å². The van der Waals surface area contributed by atoms with Gasteiger partial charge in [-0.25, -0.2) is 0 Å². The Kier molecular flexibility index (Phi) is 6.47. The zero-order valence-corrected chi connectivity index (χ0v) is 17.6. The Morgan fingerprint density at radius 2 is 1.90 bits per heavy atom. The first-order valence-corrected chi connectivity index (χ1v) is 10.9. The van der Waals surface area contributed by atoms with Crippen LogP contribution in [-0.4, -0.2) is 65.9 Å². The van der Waals surface area contributed by atoms with Crippen LogP contribution < -0.4 is 5.32 Å². The van der Waals surface area contributed by atoms with E-state index in [0.29, 0.717) is 31.0 Å². The van der Waals surface area contributed by atoms with E-state index in [-0.39, 0.29) is 17.7 Å². The van der Waals surface area contributed by atoms with Crippen molar-refractivity contribution in [2.24, 2.45) is 0 Å². The average Bonchev–Trinajstić information content (AvgIpc) is 3.47. The number of piperidine rings is 1. The SMILES string of the molecule is Cc1ccc(C(=O)NCCN2CCCC2)c(C2CCN(C(=O)c3ccco3)CC2)n1. The molecule has 2 amide bonds. The molecule has 0 spiro atoms. The van der Waals surface area contributed by atoms with Crippen molar-refractivity contribution in [1.82, 2.24) is 20.1 Å². The molecule has 2 saturated heterocycles. The maximum atomic E-state index is 12.9. The Hall–Kier alpha value is -2.67. The van der Waals surface area contributed by atoms with E-state index in [1.807, 2.05) is 24.0 Å². The van der Waals surface area contributed by atoms with Gasteiger partial charge in [-0.15, -0.1) is 0 Å². The van der Waals surface area contributed by atoms with Gasteiger partial charge in [-0.2, -0.15) is 0 Å². The summed E-state index contributed by atoms with van der Waals surface area (Å²) in [5, 5.41) is 3.07. The van der Waals surface area contributed by atoms with Gasteiger partial charge in [-0.1, -0.05) is 0 Å². The van der Waals surface area contributed by atoms with Crippen molar-refractivity contribution in [3.05, 3.63) is 53.2 Å². The smallest absolute Gasteiger partial charge is 0.289 e. The van der Waals surface area contributed by atoms with Gasteiger partial charge in [-0.3, -0.25) is 14.6 Å². The van der Waals surface area contributed by atoms with Gasteiger partial charge in [-0.05, 0) is 70.0 Å². The van der Waals surface area contributed by atoms with E-state index >= 15 is 0 Å². The topological polar surface area (TPSA) is 78.7 Å². The lowest BCUT2D eigenvalue weighted by atomic mass is 9.89. The van der Waals surface area contributed by atoms with Crippen molar-refractivity contribution in [3.8, 4) is 0 Å². The summed E-state index contributed by atoms with van der Waals surface area (Å²) < 4.78 is 5.24. The van der Waals surface area contributed by atoms with Crippen molar-refractivity contribution in [2.45, 2.75) is 38.5 Å². The molecule has 4 rings (SSSR count). The standard InChI is InChI=1S/C23H30N4O3/c1-17-6-7-19(22(28)24-10-15-26-11-2-3-12-26)21(25-17)18-8-13-27(14-9-18)23(29)20-5-4-16-30-20/h4-7,16,18H,2-3,8-15H2,1H3,(H,24,28). The molecule has 2 aliphatic heterocycles. The van der Waals surface area contributed by atoms with Gasteiger partial charge in [0.2, 0.25) is 0 Å². The zero-order valence-electron chi connectivity index (χ0n) is 17.6. The van der Waals surface area contributed by atoms with Crippen LogP contribution in [0.25, 0.3) is 0 Å². The van der Waals surface area contributed by atoms with Crippen molar-refractivity contribution in [2.75, 3.05) is 39.3 Å². The monoisotopic (exact) mass is 410 g/mol. The summed E-state index contributed by atoms with van der Waals surface area (Å²) in [6.07, 6.45) is 5.60. The molecule has 2 aliphatic rings. The summed E-state index contributed by atoms with van der Waals surface area (Å²) in [7, 11) is 0. The fourth-order valence-corrected chi connectivity index (χ4v) is 4.42. The molecule has 4 heterocycles. The van der Waals surface area contributed by atoms with Crippen LogP contribution in [0.5, 0.6) is 0 Å². The number of aromatic nitrogens is 1. The maximum absolute atomic E-state index is 12.9. The number of likely N-dealkylation sites (tertiary alicyclic amines) is 2. The van der Waals surface area contributed by atoms with E-state index in [4.69, 9.17) is 9.40 Å². The third kappa shape index (κ3) is 4.73. The molecule has 0 aromatic carbocycles. The van der Waals surface area contributed by atoms with Gasteiger partial charge in [0.15, 0.2) is 5.76 Å². The van der Waals surface area contributed by atoms with E-state index < -0.39 is 0 Å². The van der Waals surface area contributed by atoms with Crippen LogP contribution in [0.1, 0.15) is 63.9 Å². The Bertz CT molecular complexity index is 867. The molecule has 7 heteroatoms. The number of aryl methyl sites for hydroxylation is 1. The average molecular weight is 411 g/mol. The van der Waals surface area contributed by atoms with Crippen LogP contribution in [0.4, 0.5) is 0 Å². The molecule has 2 aromatic heterocycles. The second-order valence-electron chi connectivity index (χ2n) is 8.23. The van der Waals surface area contributed by atoms with Crippen LogP contribution in [0.15, 0.2) is 34.9 Å². The molecule has 160 valence electrons. The number of carbonyl (C=O) groups excluding carboxylic acids is 2. The number of carbonyl (C=O) groups is 2. The normalized spacial score (nSPS) is 18.0. The van der Waals surface area contributed by atoms with E-state index in [0.717, 1.165) is 43.9 Å². The first-order valence-electron chi connectivity index (χ1n) is 10.9. The number of amides is 2. The lowest BCUT2D eigenvalue weighted by Gasteiger charge is -2.32. The highest BCUT2D eigenvalue weighted by atomic mass is 16.3. The van der Waals surface area contributed by atoms with Crippen molar-refractivity contribution >= 4 is 11.8 Å². The minimum absolute atomic E-state index is 0.0502. The molecule has 30 heavy (non-hydrogen) atoms. The molecular formula is C23H30N4O3. The predicted octanol–water partition coefficient (Wildman–Crippen LogP) is 2.83. The minimum atomic E-state index is -0.0736. The molecule has 2 aromatic rings. The Morgan fingerprint density at radius 3 is 2.60 bits per heavy atom. The van der Waals surface area contributed by atoms with E-state index in [1.54, 1.807) is 12.1 Å². The molecule has 0 unspecified atom stereocenters. The number of nitrogens with one attached hydrogen (secondary N) is 1. The van der Waals surface area contributed by atoms with Crippen molar-refractivity contribution in [3.63, 3.8) is 0 Å². The molecule has 1 N–H and O–H groups in total. The maximum Gasteiger partial charge on any atom is 0.289 e. The van der Waals surface area contributed by atoms with Crippen LogP contribution in [0.3, 0.4) is 0 Å². The molecule has 0 saturated carbocycles. The van der Waals surface area contributed by atoms with E-state index in [1.165, 1.54) is 19.1 Å². The molecule has 0 atom stereocenters. The summed E-state index contributed by atoms with van der Waals surface area (Å²) in [6, 6.07) is 7.21.